The summed E-state index contributed by atoms with van der Waals surface area (Å²) in [6.07, 6.45) is 1.61. The van der Waals surface area contributed by atoms with Crippen molar-refractivity contribution in [2.45, 2.75) is 25.8 Å². The van der Waals surface area contributed by atoms with Crippen molar-refractivity contribution >= 4 is 27.3 Å². The van der Waals surface area contributed by atoms with Gasteiger partial charge in [0, 0.05) is 12.6 Å². The third-order valence-electron chi connectivity index (χ3n) is 3.42. The Morgan fingerprint density at radius 1 is 1.58 bits per heavy atom. The molecule has 1 saturated heterocycles. The van der Waals surface area contributed by atoms with Crippen molar-refractivity contribution in [2.24, 2.45) is 0 Å². The van der Waals surface area contributed by atoms with E-state index in [0.29, 0.717) is 11.4 Å². The SMILES string of the molecule is CNS(=O)(=O)CC1CCCN1C(=O)c1sccc1C. The monoisotopic (exact) mass is 302 g/mol. The second-order valence-electron chi connectivity index (χ2n) is 4.71. The third-order valence-corrected chi connectivity index (χ3v) is 5.87. The first kappa shape index (κ1) is 14.5. The topological polar surface area (TPSA) is 66.5 Å². The highest BCUT2D eigenvalue weighted by Crippen LogP contribution is 2.25. The van der Waals surface area contributed by atoms with Crippen molar-refractivity contribution in [3.05, 3.63) is 21.9 Å². The third kappa shape index (κ3) is 3.16. The van der Waals surface area contributed by atoms with Crippen LogP contribution < -0.4 is 4.72 Å². The number of amides is 1. The molecule has 1 aliphatic heterocycles. The minimum Gasteiger partial charge on any atom is -0.334 e. The summed E-state index contributed by atoms with van der Waals surface area (Å²) in [6, 6.07) is 1.69. The van der Waals surface area contributed by atoms with Gasteiger partial charge in [-0.25, -0.2) is 13.1 Å². The van der Waals surface area contributed by atoms with Crippen LogP contribution in [0.1, 0.15) is 28.1 Å². The van der Waals surface area contributed by atoms with Crippen molar-refractivity contribution in [3.8, 4) is 0 Å². The minimum absolute atomic E-state index is 0.0142. The summed E-state index contributed by atoms with van der Waals surface area (Å²) in [5.74, 6) is -0.0547. The molecule has 1 amide bonds. The van der Waals surface area contributed by atoms with E-state index in [1.165, 1.54) is 18.4 Å². The number of likely N-dealkylation sites (tertiary alicyclic amines) is 1. The first-order valence-electron chi connectivity index (χ1n) is 6.21. The Morgan fingerprint density at radius 3 is 2.89 bits per heavy atom. The van der Waals surface area contributed by atoms with Crippen molar-refractivity contribution in [1.82, 2.24) is 9.62 Å². The van der Waals surface area contributed by atoms with Gasteiger partial charge in [0.2, 0.25) is 10.0 Å². The highest BCUT2D eigenvalue weighted by molar-refractivity contribution is 7.89. The Kier molecular flexibility index (Phi) is 4.27. The van der Waals surface area contributed by atoms with Crippen LogP contribution in [0.2, 0.25) is 0 Å². The summed E-state index contributed by atoms with van der Waals surface area (Å²) >= 11 is 1.41. The van der Waals surface area contributed by atoms with Gasteiger partial charge < -0.3 is 4.90 Å². The summed E-state index contributed by atoms with van der Waals surface area (Å²) in [5.41, 5.74) is 0.956. The van der Waals surface area contributed by atoms with Gasteiger partial charge in [-0.05, 0) is 43.8 Å². The number of thiophene rings is 1. The van der Waals surface area contributed by atoms with Crippen LogP contribution in [0.5, 0.6) is 0 Å². The Balaban J connectivity index is 2.15. The van der Waals surface area contributed by atoms with Gasteiger partial charge in [0.25, 0.3) is 5.91 Å². The molecule has 106 valence electrons. The van der Waals surface area contributed by atoms with Gasteiger partial charge in [-0.15, -0.1) is 11.3 Å². The maximum Gasteiger partial charge on any atom is 0.264 e. The molecule has 1 aromatic heterocycles. The first-order valence-corrected chi connectivity index (χ1v) is 8.74. The molecule has 19 heavy (non-hydrogen) atoms. The molecule has 0 aromatic carbocycles. The number of hydrogen-bond acceptors (Lipinski definition) is 4. The number of aryl methyl sites for hydroxylation is 1. The lowest BCUT2D eigenvalue weighted by Crippen LogP contribution is -2.41. The summed E-state index contributed by atoms with van der Waals surface area (Å²) < 4.78 is 25.6. The molecule has 1 fully saturated rings. The molecule has 2 heterocycles. The molecule has 0 spiro atoms. The molecule has 5 nitrogen and oxygen atoms in total. The van der Waals surface area contributed by atoms with Crippen LogP contribution in [0.25, 0.3) is 0 Å². The molecule has 1 atom stereocenters. The van der Waals surface area contributed by atoms with E-state index in [-0.39, 0.29) is 17.7 Å². The van der Waals surface area contributed by atoms with E-state index in [2.05, 4.69) is 4.72 Å². The predicted molar refractivity (Wildman–Crippen MR) is 76.0 cm³/mol. The number of sulfonamides is 1. The molecule has 1 unspecified atom stereocenters. The van der Waals surface area contributed by atoms with Gasteiger partial charge in [0.05, 0.1) is 10.6 Å². The fourth-order valence-electron chi connectivity index (χ4n) is 2.34. The van der Waals surface area contributed by atoms with E-state index in [1.807, 2.05) is 18.4 Å². The number of rotatable bonds is 4. The van der Waals surface area contributed by atoms with Gasteiger partial charge in [0.1, 0.15) is 0 Å². The van der Waals surface area contributed by atoms with Gasteiger partial charge in [0.15, 0.2) is 0 Å². The molecule has 0 saturated carbocycles. The van der Waals surface area contributed by atoms with E-state index in [4.69, 9.17) is 0 Å². The maximum absolute atomic E-state index is 12.4. The van der Waals surface area contributed by atoms with Gasteiger partial charge in [-0.1, -0.05) is 0 Å². The van der Waals surface area contributed by atoms with E-state index in [0.717, 1.165) is 18.4 Å². The molecule has 7 heteroatoms. The highest BCUT2D eigenvalue weighted by atomic mass is 32.2. The average molecular weight is 302 g/mol. The minimum atomic E-state index is -3.29. The summed E-state index contributed by atoms with van der Waals surface area (Å²) in [6.45, 7) is 2.54. The zero-order valence-corrected chi connectivity index (χ0v) is 12.7. The van der Waals surface area contributed by atoms with Crippen molar-refractivity contribution < 1.29 is 13.2 Å². The molecule has 2 rings (SSSR count). The van der Waals surface area contributed by atoms with Crippen molar-refractivity contribution in [3.63, 3.8) is 0 Å². The molecule has 1 aromatic rings. The molecule has 0 bridgehead atoms. The molecule has 1 aliphatic rings. The van der Waals surface area contributed by atoms with Crippen LogP contribution in [0.3, 0.4) is 0 Å². The number of nitrogens with one attached hydrogen (secondary N) is 1. The lowest BCUT2D eigenvalue weighted by molar-refractivity contribution is 0.0753. The normalized spacial score (nSPS) is 19.9. The Morgan fingerprint density at radius 2 is 2.32 bits per heavy atom. The van der Waals surface area contributed by atoms with Gasteiger partial charge >= 0.3 is 0 Å². The summed E-state index contributed by atoms with van der Waals surface area (Å²) in [7, 11) is -1.89. The quantitative estimate of drug-likeness (QED) is 0.909. The van der Waals surface area contributed by atoms with Crippen LogP contribution in [-0.4, -0.2) is 44.6 Å². The van der Waals surface area contributed by atoms with E-state index in [1.54, 1.807) is 4.90 Å². The largest absolute Gasteiger partial charge is 0.334 e. The zero-order chi connectivity index (χ0) is 14.0. The van der Waals surface area contributed by atoms with Gasteiger partial charge in [-0.3, -0.25) is 4.79 Å². The van der Waals surface area contributed by atoms with Crippen molar-refractivity contribution in [1.29, 1.82) is 0 Å². The van der Waals surface area contributed by atoms with E-state index in [9.17, 15) is 13.2 Å². The average Bonchev–Trinajstić information content (AvgIpc) is 2.97. The van der Waals surface area contributed by atoms with Crippen molar-refractivity contribution in [2.75, 3.05) is 19.3 Å². The number of hydrogen-bond donors (Lipinski definition) is 1. The van der Waals surface area contributed by atoms with E-state index < -0.39 is 10.0 Å². The molecular weight excluding hydrogens is 284 g/mol. The number of carbonyl (C=O) groups is 1. The van der Waals surface area contributed by atoms with Crippen LogP contribution in [0.4, 0.5) is 0 Å². The smallest absolute Gasteiger partial charge is 0.264 e. The number of carbonyl (C=O) groups excluding carboxylic acids is 1. The van der Waals surface area contributed by atoms with Crippen LogP contribution >= 0.6 is 11.3 Å². The number of nitrogens with zero attached hydrogens (tertiary/aromatic N) is 1. The molecule has 1 N–H and O–H groups in total. The first-order chi connectivity index (χ1) is 8.94. The lowest BCUT2D eigenvalue weighted by atomic mass is 10.2. The van der Waals surface area contributed by atoms with Crippen LogP contribution in [0.15, 0.2) is 11.4 Å². The fraction of sp³-hybridized carbons (Fsp3) is 0.583. The molecular formula is C12H18N2O3S2. The molecule has 0 aliphatic carbocycles. The Labute approximate surface area is 117 Å². The Bertz CT molecular complexity index is 565. The zero-order valence-electron chi connectivity index (χ0n) is 11.0. The Hall–Kier alpha value is -0.920. The standard InChI is InChI=1S/C12H18N2O3S2/c1-9-5-7-18-11(9)12(15)14-6-3-4-10(14)8-19(16,17)13-2/h5,7,10,13H,3-4,6,8H2,1-2H3. The lowest BCUT2D eigenvalue weighted by Gasteiger charge is -2.24. The molecule has 0 radical (unpaired) electrons. The van der Waals surface area contributed by atoms with Gasteiger partial charge in [-0.2, -0.15) is 0 Å². The maximum atomic E-state index is 12.4. The highest BCUT2D eigenvalue weighted by Gasteiger charge is 2.33. The van der Waals surface area contributed by atoms with Crippen LogP contribution in [0, 0.1) is 6.92 Å². The second kappa shape index (κ2) is 5.60. The summed E-state index contributed by atoms with van der Waals surface area (Å²) in [4.78, 5) is 14.9. The summed E-state index contributed by atoms with van der Waals surface area (Å²) in [5, 5.41) is 1.89. The van der Waals surface area contributed by atoms with E-state index >= 15 is 0 Å². The predicted octanol–water partition coefficient (Wildman–Crippen LogP) is 1.21. The second-order valence-corrected chi connectivity index (χ2v) is 7.60. The van der Waals surface area contributed by atoms with Crippen LogP contribution in [-0.2, 0) is 10.0 Å². The fourth-order valence-corrected chi connectivity index (χ4v) is 4.24.